The summed E-state index contributed by atoms with van der Waals surface area (Å²) in [6, 6.07) is 0.438. The van der Waals surface area contributed by atoms with Crippen molar-refractivity contribution in [1.82, 2.24) is 9.80 Å². The van der Waals surface area contributed by atoms with Crippen molar-refractivity contribution in [3.05, 3.63) is 0 Å². The van der Waals surface area contributed by atoms with Gasteiger partial charge in [-0.15, -0.1) is 0 Å². The fraction of sp³-hybridized carbons (Fsp3) is 1.00. The molecule has 0 aromatic carbocycles. The average molecular weight is 248 g/mol. The van der Waals surface area contributed by atoms with Gasteiger partial charge in [-0.2, -0.15) is 0 Å². The van der Waals surface area contributed by atoms with Crippen molar-refractivity contribution in [2.75, 3.05) is 32.6 Å². The van der Waals surface area contributed by atoms with Crippen molar-refractivity contribution in [2.24, 2.45) is 0 Å². The molecule has 0 unspecified atom stereocenters. The van der Waals surface area contributed by atoms with Gasteiger partial charge in [0.25, 0.3) is 0 Å². The largest absolute Gasteiger partial charge is 1.00 e. The van der Waals surface area contributed by atoms with Crippen LogP contribution in [-0.2, 0) is 0 Å². The van der Waals surface area contributed by atoms with Crippen LogP contribution >= 0.6 is 0 Å². The third-order valence-electron chi connectivity index (χ3n) is 2.60. The molecule has 0 aromatic rings. The fourth-order valence-corrected chi connectivity index (χ4v) is 1.76. The molecular weight excluding hydrogens is 231 g/mol. The van der Waals surface area contributed by atoms with Crippen LogP contribution in [0, 0.1) is 0 Å². The first-order valence-corrected chi connectivity index (χ1v) is 5.06. The first-order valence-electron chi connectivity index (χ1n) is 5.06. The van der Waals surface area contributed by atoms with E-state index in [1.807, 2.05) is 0 Å². The van der Waals surface area contributed by atoms with Crippen molar-refractivity contribution in [1.29, 1.82) is 0 Å². The molecule has 0 amide bonds. The third-order valence-corrected chi connectivity index (χ3v) is 2.60. The molecule has 0 aliphatic carbocycles. The molecule has 2 nitrogen and oxygen atoms in total. The van der Waals surface area contributed by atoms with Gasteiger partial charge >= 0.3 is 58.4 Å². The Kier molecular flexibility index (Phi) is 7.64. The molecule has 1 fully saturated rings. The van der Waals surface area contributed by atoms with Gasteiger partial charge in [0.2, 0.25) is 0 Å². The van der Waals surface area contributed by atoms with Crippen LogP contribution in [0.15, 0.2) is 0 Å². The average Bonchev–Trinajstić information content (AvgIpc) is 2.02. The van der Waals surface area contributed by atoms with Crippen molar-refractivity contribution in [3.8, 4) is 0 Å². The number of rotatable bonds is 3. The number of hydrogen-bond donors (Lipinski definition) is 0. The monoisotopic (exact) mass is 248 g/mol. The van der Waals surface area contributed by atoms with Crippen LogP contribution in [-0.4, -0.2) is 55.4 Å². The maximum Gasteiger partial charge on any atom is 1.00 e. The van der Waals surface area contributed by atoms with Crippen molar-refractivity contribution >= 4 is 6.98 Å². The Morgan fingerprint density at radius 1 is 1.07 bits per heavy atom. The quantitative estimate of drug-likeness (QED) is 0.555. The molecule has 1 aliphatic heterocycles. The second-order valence-corrected chi connectivity index (χ2v) is 4.14. The Labute approximate surface area is 132 Å². The molecule has 0 N–H and O–H groups in total. The van der Waals surface area contributed by atoms with E-state index in [0.717, 1.165) is 13.1 Å². The van der Waals surface area contributed by atoms with Gasteiger partial charge in [0.05, 0.1) is 0 Å². The molecule has 0 atom stereocenters. The Morgan fingerprint density at radius 2 is 1.53 bits per heavy atom. The number of hydrogen-bond acceptors (Lipinski definition) is 2. The van der Waals surface area contributed by atoms with Gasteiger partial charge in [0.1, 0.15) is 0 Å². The SMILES string of the molecule is CC(C)N1CCN(C[B-](F)(F)F)CC1.[K+]. The van der Waals surface area contributed by atoms with Crippen LogP contribution in [0.2, 0.25) is 0 Å². The summed E-state index contributed by atoms with van der Waals surface area (Å²) in [7, 11) is 0. The predicted octanol–water partition coefficient (Wildman–Crippen LogP) is -1.60. The Balaban J connectivity index is 0.00000196. The molecule has 0 saturated carbocycles. The van der Waals surface area contributed by atoms with E-state index in [-0.39, 0.29) is 51.4 Å². The summed E-state index contributed by atoms with van der Waals surface area (Å²) in [6.45, 7) is 2.08. The van der Waals surface area contributed by atoms with E-state index in [1.165, 1.54) is 4.90 Å². The van der Waals surface area contributed by atoms with E-state index in [1.54, 1.807) is 0 Å². The number of halogens is 3. The Morgan fingerprint density at radius 3 is 1.87 bits per heavy atom. The van der Waals surface area contributed by atoms with Crippen LogP contribution in [0.5, 0.6) is 0 Å². The van der Waals surface area contributed by atoms with Gasteiger partial charge in [0.15, 0.2) is 0 Å². The van der Waals surface area contributed by atoms with Gasteiger partial charge < -0.3 is 17.8 Å². The second kappa shape index (κ2) is 6.98. The van der Waals surface area contributed by atoms with E-state index in [0.29, 0.717) is 19.1 Å². The van der Waals surface area contributed by atoms with Gasteiger partial charge in [-0.1, -0.05) is 0 Å². The molecule has 0 aromatic heterocycles. The molecule has 1 heterocycles. The molecule has 1 saturated heterocycles. The van der Waals surface area contributed by atoms with Crippen molar-refractivity contribution in [3.63, 3.8) is 0 Å². The fourth-order valence-electron chi connectivity index (χ4n) is 1.76. The third kappa shape index (κ3) is 6.65. The summed E-state index contributed by atoms with van der Waals surface area (Å²) in [5, 5.41) is 0. The van der Waals surface area contributed by atoms with Gasteiger partial charge in [-0.25, -0.2) is 0 Å². The molecule has 7 heteroatoms. The summed E-state index contributed by atoms with van der Waals surface area (Å²) in [5.41, 5.74) is 0. The topological polar surface area (TPSA) is 6.48 Å². The normalized spacial score (nSPS) is 20.4. The standard InChI is InChI=1S/C8H17BF3N2.K/c1-8(2)14-5-3-13(4-6-14)7-9(10,11)12;/h8H,3-7H2,1-2H3;/q-1;+1. The van der Waals surface area contributed by atoms with Crippen molar-refractivity contribution < 1.29 is 64.3 Å². The zero-order valence-electron chi connectivity index (χ0n) is 9.72. The van der Waals surface area contributed by atoms with E-state index in [9.17, 15) is 12.9 Å². The molecular formula is C8H17BF3KN2. The Hall–Kier alpha value is 1.41. The minimum Gasteiger partial charge on any atom is -0.448 e. The van der Waals surface area contributed by atoms with Gasteiger partial charge in [0, 0.05) is 32.2 Å². The zero-order valence-corrected chi connectivity index (χ0v) is 12.8. The molecule has 1 rings (SSSR count). The van der Waals surface area contributed by atoms with E-state index in [4.69, 9.17) is 0 Å². The van der Waals surface area contributed by atoms with Crippen LogP contribution in [0.1, 0.15) is 13.8 Å². The zero-order chi connectivity index (χ0) is 10.8. The van der Waals surface area contributed by atoms with Crippen LogP contribution in [0.3, 0.4) is 0 Å². The maximum absolute atomic E-state index is 12.1. The van der Waals surface area contributed by atoms with Crippen molar-refractivity contribution in [2.45, 2.75) is 19.9 Å². The van der Waals surface area contributed by atoms with E-state index < -0.39 is 13.4 Å². The second-order valence-electron chi connectivity index (χ2n) is 4.14. The number of piperazine rings is 1. The summed E-state index contributed by atoms with van der Waals surface area (Å²) in [6.07, 6.45) is -0.702. The molecule has 15 heavy (non-hydrogen) atoms. The molecule has 0 bridgehead atoms. The molecule has 84 valence electrons. The van der Waals surface area contributed by atoms with Gasteiger partial charge in [-0.05, 0) is 20.3 Å². The molecule has 1 aliphatic rings. The molecule has 0 spiro atoms. The smallest absolute Gasteiger partial charge is 0.448 e. The summed E-state index contributed by atoms with van der Waals surface area (Å²) in [5.74, 6) is 0. The first-order chi connectivity index (χ1) is 6.38. The number of nitrogens with zero attached hydrogens (tertiary/aromatic N) is 2. The predicted molar refractivity (Wildman–Crippen MR) is 52.2 cm³/mol. The van der Waals surface area contributed by atoms with Crippen LogP contribution in [0.25, 0.3) is 0 Å². The van der Waals surface area contributed by atoms with Gasteiger partial charge in [-0.3, -0.25) is 4.90 Å². The summed E-state index contributed by atoms with van der Waals surface area (Å²) < 4.78 is 36.3. The van der Waals surface area contributed by atoms with E-state index in [2.05, 4.69) is 18.7 Å². The van der Waals surface area contributed by atoms with Crippen LogP contribution in [0.4, 0.5) is 12.9 Å². The summed E-state index contributed by atoms with van der Waals surface area (Å²) >= 11 is 0. The Bertz CT molecular complexity index is 181. The molecule has 0 radical (unpaired) electrons. The van der Waals surface area contributed by atoms with Crippen LogP contribution < -0.4 is 51.4 Å². The van der Waals surface area contributed by atoms with E-state index >= 15 is 0 Å². The maximum atomic E-state index is 12.1. The first kappa shape index (κ1) is 16.4. The minimum absolute atomic E-state index is 0. The summed E-state index contributed by atoms with van der Waals surface area (Å²) in [4.78, 5) is 3.71. The minimum atomic E-state index is -4.65.